The number of hydrazone groups is 1. The number of amides is 1. The molecule has 1 amide bonds. The van der Waals surface area contributed by atoms with Gasteiger partial charge in [0.05, 0.1) is 12.3 Å². The van der Waals surface area contributed by atoms with Crippen LogP contribution in [0, 0.1) is 12.8 Å². The zero-order valence-corrected chi connectivity index (χ0v) is 15.2. The van der Waals surface area contributed by atoms with E-state index in [1.54, 1.807) is 0 Å². The van der Waals surface area contributed by atoms with Crippen molar-refractivity contribution >= 4 is 28.9 Å². The van der Waals surface area contributed by atoms with Gasteiger partial charge in [-0.1, -0.05) is 35.9 Å². The van der Waals surface area contributed by atoms with Crippen LogP contribution in [-0.4, -0.2) is 18.2 Å². The second kappa shape index (κ2) is 8.15. The molecule has 0 saturated carbocycles. The molecule has 1 aliphatic rings. The standard InChI is InChI=1S/C19H24ClN3O/c1-12(2)15-9-8-13(3)18(10-15)22-23-19(24)11-21-17-7-5-6-16(20)14(17)4/h5-8,15,21H,1,9-11H2,2-4H3,(H,23,24). The first-order chi connectivity index (χ1) is 11.4. The summed E-state index contributed by atoms with van der Waals surface area (Å²) in [6.45, 7) is 10.1. The molecule has 0 spiro atoms. The largest absolute Gasteiger partial charge is 0.376 e. The lowest BCUT2D eigenvalue weighted by Gasteiger charge is -2.22. The fraction of sp³-hybridized carbons (Fsp3) is 0.368. The van der Waals surface area contributed by atoms with Crippen LogP contribution in [0.1, 0.15) is 32.3 Å². The molecular formula is C19H24ClN3O. The predicted molar refractivity (Wildman–Crippen MR) is 102 cm³/mol. The first-order valence-corrected chi connectivity index (χ1v) is 8.43. The van der Waals surface area contributed by atoms with Crippen molar-refractivity contribution in [3.8, 4) is 0 Å². The lowest BCUT2D eigenvalue weighted by molar-refractivity contribution is -0.119. The number of hydrogen-bond acceptors (Lipinski definition) is 3. The van der Waals surface area contributed by atoms with E-state index in [9.17, 15) is 4.79 Å². The molecule has 2 rings (SSSR count). The number of anilines is 1. The Kier molecular flexibility index (Phi) is 6.21. The fourth-order valence-electron chi connectivity index (χ4n) is 2.57. The van der Waals surface area contributed by atoms with E-state index in [-0.39, 0.29) is 12.5 Å². The summed E-state index contributed by atoms with van der Waals surface area (Å²) < 4.78 is 0. The molecule has 1 aromatic rings. The first-order valence-electron chi connectivity index (χ1n) is 8.05. The van der Waals surface area contributed by atoms with Crippen LogP contribution in [0.15, 0.2) is 47.1 Å². The molecule has 5 heteroatoms. The Hall–Kier alpha value is -2.07. The molecule has 0 heterocycles. The van der Waals surface area contributed by atoms with E-state index >= 15 is 0 Å². The van der Waals surface area contributed by atoms with Crippen LogP contribution in [0.3, 0.4) is 0 Å². The second-order valence-corrected chi connectivity index (χ2v) is 6.64. The molecule has 1 aliphatic carbocycles. The molecule has 128 valence electrons. The van der Waals surface area contributed by atoms with Crippen LogP contribution >= 0.6 is 11.6 Å². The minimum absolute atomic E-state index is 0.143. The molecule has 1 unspecified atom stereocenters. The zero-order chi connectivity index (χ0) is 17.7. The zero-order valence-electron chi connectivity index (χ0n) is 14.4. The van der Waals surface area contributed by atoms with Gasteiger partial charge in [-0.25, -0.2) is 5.43 Å². The Morgan fingerprint density at radius 1 is 1.42 bits per heavy atom. The van der Waals surface area contributed by atoms with E-state index in [1.165, 1.54) is 0 Å². The highest BCUT2D eigenvalue weighted by molar-refractivity contribution is 6.31. The number of nitrogens with one attached hydrogen (secondary N) is 2. The quantitative estimate of drug-likeness (QED) is 0.611. The van der Waals surface area contributed by atoms with Crippen LogP contribution in [-0.2, 0) is 4.79 Å². The lowest BCUT2D eigenvalue weighted by Crippen LogP contribution is -2.28. The molecular weight excluding hydrogens is 322 g/mol. The summed E-state index contributed by atoms with van der Waals surface area (Å²) in [7, 11) is 0. The SMILES string of the molecule is C=C(C)C1CC=C(C)C(=NNC(=O)CNc2cccc(Cl)c2C)C1. The van der Waals surface area contributed by atoms with Crippen LogP contribution in [0.25, 0.3) is 0 Å². The predicted octanol–water partition coefficient (Wildman–Crippen LogP) is 4.46. The van der Waals surface area contributed by atoms with Gasteiger partial charge in [-0.05, 0) is 62.8 Å². The van der Waals surface area contributed by atoms with Crippen molar-refractivity contribution in [1.29, 1.82) is 0 Å². The Morgan fingerprint density at radius 2 is 2.17 bits per heavy atom. The molecule has 1 atom stereocenters. The minimum atomic E-state index is -0.188. The van der Waals surface area contributed by atoms with Crippen LogP contribution in [0.5, 0.6) is 0 Å². The van der Waals surface area contributed by atoms with Crippen molar-refractivity contribution < 1.29 is 4.79 Å². The van der Waals surface area contributed by atoms with Crippen LogP contribution in [0.4, 0.5) is 5.69 Å². The van der Waals surface area contributed by atoms with E-state index in [4.69, 9.17) is 11.6 Å². The summed E-state index contributed by atoms with van der Waals surface area (Å²) in [5.74, 6) is 0.212. The number of carbonyl (C=O) groups excluding carboxylic acids is 1. The van der Waals surface area contributed by atoms with Crippen molar-refractivity contribution in [2.75, 3.05) is 11.9 Å². The molecule has 4 nitrogen and oxygen atoms in total. The van der Waals surface area contributed by atoms with E-state index < -0.39 is 0 Å². The minimum Gasteiger partial charge on any atom is -0.376 e. The lowest BCUT2D eigenvalue weighted by atomic mass is 9.85. The number of nitrogens with zero attached hydrogens (tertiary/aromatic N) is 1. The van der Waals surface area contributed by atoms with Gasteiger partial charge >= 0.3 is 0 Å². The van der Waals surface area contributed by atoms with Gasteiger partial charge in [0.25, 0.3) is 5.91 Å². The summed E-state index contributed by atoms with van der Waals surface area (Å²) in [5, 5.41) is 8.05. The highest BCUT2D eigenvalue weighted by Gasteiger charge is 2.18. The van der Waals surface area contributed by atoms with Crippen LogP contribution < -0.4 is 10.7 Å². The summed E-state index contributed by atoms with van der Waals surface area (Å²) in [6.07, 6.45) is 3.96. The maximum atomic E-state index is 12.0. The molecule has 0 radical (unpaired) electrons. The monoisotopic (exact) mass is 345 g/mol. The van der Waals surface area contributed by atoms with E-state index in [1.807, 2.05) is 39.0 Å². The smallest absolute Gasteiger partial charge is 0.259 e. The number of allylic oxidation sites excluding steroid dienone is 3. The number of carbonyl (C=O) groups is 1. The van der Waals surface area contributed by atoms with Crippen molar-refractivity contribution in [2.45, 2.75) is 33.6 Å². The summed E-state index contributed by atoms with van der Waals surface area (Å²) in [5.41, 5.74) is 7.59. The van der Waals surface area contributed by atoms with Crippen LogP contribution in [0.2, 0.25) is 5.02 Å². The van der Waals surface area contributed by atoms with E-state index in [0.717, 1.165) is 41.0 Å². The molecule has 2 N–H and O–H groups in total. The number of benzene rings is 1. The second-order valence-electron chi connectivity index (χ2n) is 6.23. The van der Waals surface area contributed by atoms with Crippen molar-refractivity contribution in [1.82, 2.24) is 5.43 Å². The number of rotatable bonds is 5. The van der Waals surface area contributed by atoms with Gasteiger partial charge in [-0.15, -0.1) is 0 Å². The van der Waals surface area contributed by atoms with Gasteiger partial charge in [-0.3, -0.25) is 4.79 Å². The van der Waals surface area contributed by atoms with Gasteiger partial charge in [-0.2, -0.15) is 5.10 Å². The topological polar surface area (TPSA) is 53.5 Å². The highest BCUT2D eigenvalue weighted by atomic mass is 35.5. The highest BCUT2D eigenvalue weighted by Crippen LogP contribution is 2.26. The van der Waals surface area contributed by atoms with Crippen molar-refractivity contribution in [2.24, 2.45) is 11.0 Å². The van der Waals surface area contributed by atoms with Crippen molar-refractivity contribution in [3.05, 3.63) is 52.6 Å². The average Bonchev–Trinajstić information content (AvgIpc) is 2.55. The maximum Gasteiger partial charge on any atom is 0.259 e. The Labute approximate surface area is 148 Å². The molecule has 1 aromatic carbocycles. The maximum absolute atomic E-state index is 12.0. The summed E-state index contributed by atoms with van der Waals surface area (Å²) in [4.78, 5) is 12.0. The van der Waals surface area contributed by atoms with Gasteiger partial charge in [0, 0.05) is 10.7 Å². The molecule has 0 saturated heterocycles. The van der Waals surface area contributed by atoms with Gasteiger partial charge < -0.3 is 5.32 Å². The third-order valence-corrected chi connectivity index (χ3v) is 4.73. The molecule has 24 heavy (non-hydrogen) atoms. The van der Waals surface area contributed by atoms with Gasteiger partial charge in [0.15, 0.2) is 0 Å². The molecule has 0 bridgehead atoms. The average molecular weight is 346 g/mol. The van der Waals surface area contributed by atoms with Crippen molar-refractivity contribution in [3.63, 3.8) is 0 Å². The molecule has 0 aliphatic heterocycles. The normalized spacial score (nSPS) is 18.9. The Bertz CT molecular complexity index is 707. The Balaban J connectivity index is 1.92. The third kappa shape index (κ3) is 4.71. The molecule has 0 fully saturated rings. The first kappa shape index (κ1) is 18.3. The summed E-state index contributed by atoms with van der Waals surface area (Å²) in [6, 6.07) is 5.57. The van der Waals surface area contributed by atoms with E-state index in [0.29, 0.717) is 10.9 Å². The Morgan fingerprint density at radius 3 is 2.88 bits per heavy atom. The van der Waals surface area contributed by atoms with E-state index in [2.05, 4.69) is 28.5 Å². The third-order valence-electron chi connectivity index (χ3n) is 4.32. The molecule has 0 aromatic heterocycles. The van der Waals surface area contributed by atoms with Gasteiger partial charge in [0.1, 0.15) is 0 Å². The number of halogens is 1. The fourth-order valence-corrected chi connectivity index (χ4v) is 2.74. The number of hydrogen-bond donors (Lipinski definition) is 2. The van der Waals surface area contributed by atoms with Gasteiger partial charge in [0.2, 0.25) is 0 Å². The summed E-state index contributed by atoms with van der Waals surface area (Å²) >= 11 is 6.07.